The summed E-state index contributed by atoms with van der Waals surface area (Å²) < 4.78 is 25.0. The molecule has 0 fully saturated rings. The molecule has 0 bridgehead atoms. The molecule has 0 aliphatic heterocycles. The molecular weight excluding hydrogens is 561 g/mol. The minimum atomic E-state index is -4.68. The Hall–Kier alpha value is -4.28. The normalized spacial score (nSPS) is 11.7. The molecule has 4 aromatic rings. The summed E-state index contributed by atoms with van der Waals surface area (Å²) in [5.41, 5.74) is 0.0254. The highest BCUT2D eigenvalue weighted by molar-refractivity contribution is 7.51. The molecule has 11 nitrogen and oxygen atoms in total. The van der Waals surface area contributed by atoms with Crippen LogP contribution in [0, 0.1) is 6.92 Å². The molecule has 0 radical (unpaired) electrons. The van der Waals surface area contributed by atoms with E-state index in [0.29, 0.717) is 5.75 Å². The Bertz CT molecular complexity index is 1630. The number of ether oxygens (including phenoxy) is 2. The van der Waals surface area contributed by atoms with Crippen molar-refractivity contribution in [1.82, 2.24) is 14.5 Å². The highest BCUT2D eigenvalue weighted by Gasteiger charge is 2.38. The summed E-state index contributed by atoms with van der Waals surface area (Å²) in [5, 5.41) is 0. The van der Waals surface area contributed by atoms with E-state index >= 15 is 0 Å². The molecule has 1 aromatic heterocycles. The molecule has 0 atom stereocenters. The van der Waals surface area contributed by atoms with Gasteiger partial charge in [0.25, 0.3) is 5.56 Å². The first-order valence-electron chi connectivity index (χ1n) is 13.1. The highest BCUT2D eigenvalue weighted by atomic mass is 31.2. The first kappa shape index (κ1) is 30.7. The third-order valence-electron chi connectivity index (χ3n) is 6.74. The summed E-state index contributed by atoms with van der Waals surface area (Å²) in [7, 11) is -3.11. The monoisotopic (exact) mass is 593 g/mol. The van der Waals surface area contributed by atoms with Gasteiger partial charge in [-0.05, 0) is 35.7 Å². The van der Waals surface area contributed by atoms with Crippen molar-refractivity contribution in [3.05, 3.63) is 134 Å². The van der Waals surface area contributed by atoms with Gasteiger partial charge in [0.05, 0.1) is 13.7 Å². The van der Waals surface area contributed by atoms with E-state index in [1.54, 1.807) is 7.11 Å². The molecule has 0 spiro atoms. The molecule has 4 rings (SSSR count). The molecule has 0 saturated carbocycles. The number of hydrogen-bond donors (Lipinski definition) is 3. The number of aromatic nitrogens is 2. The van der Waals surface area contributed by atoms with Gasteiger partial charge in [-0.3, -0.25) is 23.7 Å². The molecule has 3 N–H and O–H groups in total. The van der Waals surface area contributed by atoms with Crippen LogP contribution in [0.1, 0.15) is 22.3 Å². The van der Waals surface area contributed by atoms with Crippen molar-refractivity contribution in [2.45, 2.75) is 19.1 Å². The number of aryl methyl sites for hydroxylation is 1. The smallest absolute Gasteiger partial charge is 0.344 e. The van der Waals surface area contributed by atoms with Crippen LogP contribution >= 0.6 is 7.60 Å². The second kappa shape index (κ2) is 13.1. The number of benzene rings is 3. The SMILES string of the molecule is COc1ccc(C(OCCN(CP(=O)(O)O)C(=O)Cn2cc(C)c(=O)[nH]c2=O)(c2ccccc2)c2ccccc2)cc1. The lowest BCUT2D eigenvalue weighted by atomic mass is 9.80. The Morgan fingerprint density at radius 1 is 0.929 bits per heavy atom. The number of hydrogen-bond acceptors (Lipinski definition) is 6. The van der Waals surface area contributed by atoms with Crippen molar-refractivity contribution in [2.24, 2.45) is 0 Å². The van der Waals surface area contributed by atoms with Crippen molar-refractivity contribution in [2.75, 3.05) is 26.5 Å². The largest absolute Gasteiger partial charge is 0.497 e. The Morgan fingerprint density at radius 2 is 1.48 bits per heavy atom. The lowest BCUT2D eigenvalue weighted by molar-refractivity contribution is -0.132. The number of H-pyrrole nitrogens is 1. The zero-order valence-electron chi connectivity index (χ0n) is 23.2. The molecule has 220 valence electrons. The molecule has 0 aliphatic rings. The van der Waals surface area contributed by atoms with Gasteiger partial charge in [-0.25, -0.2) is 4.79 Å². The average molecular weight is 594 g/mol. The topological polar surface area (TPSA) is 151 Å². The van der Waals surface area contributed by atoms with Crippen molar-refractivity contribution >= 4 is 13.5 Å². The van der Waals surface area contributed by atoms with Gasteiger partial charge in [-0.1, -0.05) is 72.8 Å². The minimum absolute atomic E-state index is 0.124. The summed E-state index contributed by atoms with van der Waals surface area (Å²) in [6, 6.07) is 26.3. The van der Waals surface area contributed by atoms with Crippen LogP contribution in [0.2, 0.25) is 0 Å². The third kappa shape index (κ3) is 7.13. The number of nitrogens with one attached hydrogen (secondary N) is 1. The first-order chi connectivity index (χ1) is 20.0. The standard InChI is InChI=1S/C30H32N3O8P/c1-22-19-33(29(36)31-28(22)35)20-27(34)32(21-42(37,38)39)17-18-41-30(23-9-5-3-6-10-23,24-11-7-4-8-12-24)25-13-15-26(40-2)16-14-25/h3-16,19H,17-18,20-21H2,1-2H3,(H,31,35,36)(H2,37,38,39). The summed E-state index contributed by atoms with van der Waals surface area (Å²) in [4.78, 5) is 59.8. The summed E-state index contributed by atoms with van der Waals surface area (Å²) >= 11 is 0. The number of methoxy groups -OCH3 is 1. The van der Waals surface area contributed by atoms with Crippen LogP contribution in [0.3, 0.4) is 0 Å². The van der Waals surface area contributed by atoms with Crippen LogP contribution in [-0.4, -0.2) is 56.7 Å². The van der Waals surface area contributed by atoms with Crippen LogP contribution in [0.5, 0.6) is 5.75 Å². The Morgan fingerprint density at radius 3 is 2.00 bits per heavy atom. The van der Waals surface area contributed by atoms with Crippen molar-refractivity contribution < 1.29 is 28.6 Å². The summed E-state index contributed by atoms with van der Waals surface area (Å²) in [5.74, 6) is -0.0788. The maximum Gasteiger partial charge on any atom is 0.344 e. The molecule has 0 unspecified atom stereocenters. The fraction of sp³-hybridized carbons (Fsp3) is 0.233. The molecule has 12 heteroatoms. The second-order valence-electron chi connectivity index (χ2n) is 9.65. The molecule has 1 amide bonds. The zero-order chi connectivity index (χ0) is 30.3. The van der Waals surface area contributed by atoms with E-state index in [1.165, 1.54) is 13.1 Å². The van der Waals surface area contributed by atoms with Crippen LogP contribution in [0.15, 0.2) is 101 Å². The maximum atomic E-state index is 13.2. The zero-order valence-corrected chi connectivity index (χ0v) is 24.1. The van der Waals surface area contributed by atoms with Gasteiger partial charge in [-0.2, -0.15) is 0 Å². The number of carbonyl (C=O) groups excluding carboxylic acids is 1. The van der Waals surface area contributed by atoms with E-state index in [0.717, 1.165) is 26.2 Å². The van der Waals surface area contributed by atoms with Gasteiger partial charge in [0.2, 0.25) is 5.91 Å². The van der Waals surface area contributed by atoms with Crippen LogP contribution in [-0.2, 0) is 26.2 Å². The van der Waals surface area contributed by atoms with Crippen molar-refractivity contribution in [1.29, 1.82) is 0 Å². The summed E-state index contributed by atoms with van der Waals surface area (Å²) in [6.45, 7) is 0.629. The number of rotatable bonds is 12. The predicted octanol–water partition coefficient (Wildman–Crippen LogP) is 2.83. The van der Waals surface area contributed by atoms with Crippen molar-refractivity contribution in [3.63, 3.8) is 0 Å². The predicted molar refractivity (Wildman–Crippen MR) is 156 cm³/mol. The van der Waals surface area contributed by atoms with Crippen LogP contribution in [0.25, 0.3) is 0 Å². The maximum absolute atomic E-state index is 13.2. The van der Waals surface area contributed by atoms with Crippen LogP contribution < -0.4 is 16.0 Å². The first-order valence-corrected chi connectivity index (χ1v) is 14.9. The Labute approximate surface area is 242 Å². The summed E-state index contributed by atoms with van der Waals surface area (Å²) in [6.07, 6.45) is 0.350. The van der Waals surface area contributed by atoms with Gasteiger partial charge < -0.3 is 24.2 Å². The average Bonchev–Trinajstić information content (AvgIpc) is 2.98. The molecule has 1 heterocycles. The van der Waals surface area contributed by atoms with E-state index in [2.05, 4.69) is 4.98 Å². The van der Waals surface area contributed by atoms with Crippen molar-refractivity contribution in [3.8, 4) is 5.75 Å². The fourth-order valence-electron chi connectivity index (χ4n) is 4.71. The quantitative estimate of drug-likeness (QED) is 0.168. The van der Waals surface area contributed by atoms with E-state index in [4.69, 9.17) is 9.47 Å². The second-order valence-corrected chi connectivity index (χ2v) is 11.3. The van der Waals surface area contributed by atoms with E-state index in [1.807, 2.05) is 84.9 Å². The van der Waals surface area contributed by atoms with Gasteiger partial charge in [0, 0.05) is 18.3 Å². The van der Waals surface area contributed by atoms with E-state index < -0.39 is 43.2 Å². The number of carbonyl (C=O) groups is 1. The molecule has 42 heavy (non-hydrogen) atoms. The van der Waals surface area contributed by atoms with E-state index in [9.17, 15) is 28.7 Å². The lowest BCUT2D eigenvalue weighted by Crippen LogP contribution is -2.42. The third-order valence-corrected chi connectivity index (χ3v) is 7.45. The number of amides is 1. The Balaban J connectivity index is 1.70. The van der Waals surface area contributed by atoms with Gasteiger partial charge in [-0.15, -0.1) is 0 Å². The van der Waals surface area contributed by atoms with Gasteiger partial charge >= 0.3 is 13.3 Å². The van der Waals surface area contributed by atoms with Crippen LogP contribution in [0.4, 0.5) is 0 Å². The number of aromatic amines is 1. The molecular formula is C30H32N3O8P. The number of nitrogens with zero attached hydrogens (tertiary/aromatic N) is 2. The lowest BCUT2D eigenvalue weighted by Gasteiger charge is -2.37. The Kier molecular flexibility index (Phi) is 9.59. The molecule has 0 saturated heterocycles. The van der Waals surface area contributed by atoms with Gasteiger partial charge in [0.15, 0.2) is 0 Å². The minimum Gasteiger partial charge on any atom is -0.497 e. The fourth-order valence-corrected chi connectivity index (χ4v) is 5.45. The molecule has 0 aliphatic carbocycles. The highest BCUT2D eigenvalue weighted by Crippen LogP contribution is 2.41. The van der Waals surface area contributed by atoms with E-state index in [-0.39, 0.29) is 18.7 Å². The molecule has 3 aromatic carbocycles. The van der Waals surface area contributed by atoms with Gasteiger partial charge in [0.1, 0.15) is 24.2 Å².